The molecule has 26 heavy (non-hydrogen) atoms. The fourth-order valence-corrected chi connectivity index (χ4v) is 3.18. The first-order chi connectivity index (χ1) is 12.1. The molecule has 2 aromatic rings. The Morgan fingerprint density at radius 1 is 1.50 bits per heavy atom. The van der Waals surface area contributed by atoms with Crippen LogP contribution in [0.5, 0.6) is 0 Å². The number of carbonyl (C=O) groups is 1. The highest BCUT2D eigenvalue weighted by atomic mass is 35.5. The molecule has 1 aliphatic rings. The highest BCUT2D eigenvalue weighted by molar-refractivity contribution is 5.85. The first-order valence-electron chi connectivity index (χ1n) is 8.61. The van der Waals surface area contributed by atoms with E-state index >= 15 is 0 Å². The van der Waals surface area contributed by atoms with Gasteiger partial charge in [-0.25, -0.2) is 9.07 Å². The first kappa shape index (κ1) is 20.3. The summed E-state index contributed by atoms with van der Waals surface area (Å²) < 4.78 is 15.0. The molecule has 1 aromatic heterocycles. The molecule has 1 aliphatic heterocycles. The average molecular weight is 383 g/mol. The summed E-state index contributed by atoms with van der Waals surface area (Å²) in [7, 11) is 0. The molecule has 2 unspecified atom stereocenters. The Kier molecular flexibility index (Phi) is 7.47. The smallest absolute Gasteiger partial charge is 0.245 e. The van der Waals surface area contributed by atoms with E-state index in [9.17, 15) is 9.18 Å². The van der Waals surface area contributed by atoms with Crippen molar-refractivity contribution in [2.75, 3.05) is 19.6 Å². The Morgan fingerprint density at radius 2 is 2.35 bits per heavy atom. The Morgan fingerprint density at radius 3 is 3.00 bits per heavy atom. The molecular weight excluding hydrogens is 359 g/mol. The minimum Gasteiger partial charge on any atom is -0.354 e. The van der Waals surface area contributed by atoms with Crippen molar-refractivity contribution in [3.63, 3.8) is 0 Å². The van der Waals surface area contributed by atoms with Crippen molar-refractivity contribution in [2.24, 2.45) is 5.92 Å². The molecule has 3 rings (SSSR count). The molecule has 142 valence electrons. The van der Waals surface area contributed by atoms with Crippen molar-refractivity contribution in [1.29, 1.82) is 0 Å². The third-order valence-corrected chi connectivity index (χ3v) is 4.59. The summed E-state index contributed by atoms with van der Waals surface area (Å²) in [6.45, 7) is 4.42. The van der Waals surface area contributed by atoms with Crippen LogP contribution in [0.25, 0.3) is 0 Å². The van der Waals surface area contributed by atoms with Gasteiger partial charge in [-0.05, 0) is 66.9 Å². The van der Waals surface area contributed by atoms with Crippen LogP contribution in [-0.4, -0.2) is 45.7 Å². The number of tetrazole rings is 1. The molecule has 1 aromatic carbocycles. The van der Waals surface area contributed by atoms with Gasteiger partial charge in [0.2, 0.25) is 5.91 Å². The van der Waals surface area contributed by atoms with Crippen molar-refractivity contribution >= 4 is 18.3 Å². The van der Waals surface area contributed by atoms with E-state index in [1.54, 1.807) is 19.1 Å². The molecule has 0 bridgehead atoms. The normalized spacial score (nSPS) is 17.5. The quantitative estimate of drug-likeness (QED) is 0.757. The standard InChI is InChI=1S/C17H23FN6O.ClH/c1-12-21-22-23-24(12)16(10-14-3-2-4-15(18)9-14)17(25)20-8-6-13-5-7-19-11-13;/h2-4,9,13,16,19H,5-8,10-11H2,1H3,(H,20,25);1H. The topological polar surface area (TPSA) is 84.7 Å². The van der Waals surface area contributed by atoms with Crippen molar-refractivity contribution in [1.82, 2.24) is 30.8 Å². The second-order valence-corrected chi connectivity index (χ2v) is 6.46. The summed E-state index contributed by atoms with van der Waals surface area (Å²) in [5.41, 5.74) is 0.732. The Labute approximate surface area is 158 Å². The van der Waals surface area contributed by atoms with E-state index < -0.39 is 6.04 Å². The zero-order valence-corrected chi connectivity index (χ0v) is 15.5. The van der Waals surface area contributed by atoms with Crippen molar-refractivity contribution in [3.8, 4) is 0 Å². The number of halogens is 2. The lowest BCUT2D eigenvalue weighted by Crippen LogP contribution is -2.36. The zero-order valence-electron chi connectivity index (χ0n) is 14.7. The maximum Gasteiger partial charge on any atom is 0.245 e. The summed E-state index contributed by atoms with van der Waals surface area (Å²) >= 11 is 0. The number of hydrogen-bond acceptors (Lipinski definition) is 5. The molecule has 7 nitrogen and oxygen atoms in total. The fourth-order valence-electron chi connectivity index (χ4n) is 3.18. The van der Waals surface area contributed by atoms with Crippen molar-refractivity contribution in [3.05, 3.63) is 41.5 Å². The number of aromatic nitrogens is 4. The van der Waals surface area contributed by atoms with Crippen molar-refractivity contribution in [2.45, 2.75) is 32.2 Å². The summed E-state index contributed by atoms with van der Waals surface area (Å²) in [6.07, 6.45) is 2.43. The maximum atomic E-state index is 13.5. The SMILES string of the molecule is Cc1nnnn1C(Cc1cccc(F)c1)C(=O)NCCC1CCNC1.Cl. The molecule has 2 atom stereocenters. The molecule has 1 saturated heterocycles. The minimum atomic E-state index is -0.599. The van der Waals surface area contributed by atoms with Gasteiger partial charge in [0.05, 0.1) is 0 Å². The molecule has 0 aliphatic carbocycles. The van der Waals surface area contributed by atoms with Crippen molar-refractivity contribution < 1.29 is 9.18 Å². The monoisotopic (exact) mass is 382 g/mol. The predicted octanol–water partition coefficient (Wildman–Crippen LogP) is 1.44. The van der Waals surface area contributed by atoms with E-state index in [2.05, 4.69) is 26.2 Å². The van der Waals surface area contributed by atoms with Gasteiger partial charge in [-0.15, -0.1) is 17.5 Å². The van der Waals surface area contributed by atoms with E-state index in [1.165, 1.54) is 16.8 Å². The molecule has 0 saturated carbocycles. The Bertz CT molecular complexity index is 719. The van der Waals surface area contributed by atoms with Crippen LogP contribution < -0.4 is 10.6 Å². The van der Waals surface area contributed by atoms with Gasteiger partial charge >= 0.3 is 0 Å². The molecule has 1 amide bonds. The average Bonchev–Trinajstić information content (AvgIpc) is 3.24. The van der Waals surface area contributed by atoms with Crippen LogP contribution in [0.4, 0.5) is 4.39 Å². The number of amides is 1. The van der Waals surface area contributed by atoms with Crippen LogP contribution in [0.15, 0.2) is 24.3 Å². The van der Waals surface area contributed by atoms with Gasteiger partial charge in [0.15, 0.2) is 0 Å². The Hall–Kier alpha value is -2.06. The first-order valence-corrected chi connectivity index (χ1v) is 8.61. The summed E-state index contributed by atoms with van der Waals surface area (Å²) in [5.74, 6) is 0.692. The van der Waals surface area contributed by atoms with Gasteiger partial charge in [-0.2, -0.15) is 0 Å². The van der Waals surface area contributed by atoms with E-state index in [0.29, 0.717) is 24.7 Å². The molecule has 0 spiro atoms. The summed E-state index contributed by atoms with van der Waals surface area (Å²) in [5, 5.41) is 17.7. The van der Waals surface area contributed by atoms with Gasteiger partial charge in [-0.1, -0.05) is 12.1 Å². The van der Waals surface area contributed by atoms with E-state index in [-0.39, 0.29) is 24.1 Å². The molecular formula is C17H24ClFN6O. The third kappa shape index (κ3) is 5.22. The molecule has 2 N–H and O–H groups in total. The lowest BCUT2D eigenvalue weighted by molar-refractivity contribution is -0.124. The Balaban J connectivity index is 0.00000243. The second-order valence-electron chi connectivity index (χ2n) is 6.46. The van der Waals surface area contributed by atoms with Crippen LogP contribution in [0.1, 0.15) is 30.3 Å². The minimum absolute atomic E-state index is 0. The van der Waals surface area contributed by atoms with Crippen LogP contribution in [-0.2, 0) is 11.2 Å². The van der Waals surface area contributed by atoms with Crippen LogP contribution in [0, 0.1) is 18.7 Å². The van der Waals surface area contributed by atoms with E-state index in [4.69, 9.17) is 0 Å². The van der Waals surface area contributed by atoms with Crippen LogP contribution in [0.2, 0.25) is 0 Å². The number of carbonyl (C=O) groups excluding carboxylic acids is 1. The summed E-state index contributed by atoms with van der Waals surface area (Å²) in [4.78, 5) is 12.7. The van der Waals surface area contributed by atoms with Gasteiger partial charge in [-0.3, -0.25) is 4.79 Å². The largest absolute Gasteiger partial charge is 0.354 e. The molecule has 9 heteroatoms. The number of nitrogens with one attached hydrogen (secondary N) is 2. The second kappa shape index (κ2) is 9.59. The predicted molar refractivity (Wildman–Crippen MR) is 97.5 cm³/mol. The highest BCUT2D eigenvalue weighted by Gasteiger charge is 2.24. The zero-order chi connectivity index (χ0) is 17.6. The highest BCUT2D eigenvalue weighted by Crippen LogP contribution is 2.17. The van der Waals surface area contributed by atoms with Gasteiger partial charge in [0.25, 0.3) is 0 Å². The lowest BCUT2D eigenvalue weighted by Gasteiger charge is -2.18. The molecule has 2 heterocycles. The third-order valence-electron chi connectivity index (χ3n) is 4.59. The molecule has 0 radical (unpaired) electrons. The van der Waals surface area contributed by atoms with Crippen LogP contribution in [0.3, 0.4) is 0 Å². The fraction of sp³-hybridized carbons (Fsp3) is 0.529. The number of nitrogens with zero attached hydrogens (tertiary/aromatic N) is 4. The van der Waals surface area contributed by atoms with Gasteiger partial charge < -0.3 is 10.6 Å². The van der Waals surface area contributed by atoms with Crippen LogP contribution >= 0.6 is 12.4 Å². The number of hydrogen-bond donors (Lipinski definition) is 2. The van der Waals surface area contributed by atoms with E-state index in [0.717, 1.165) is 31.5 Å². The van der Waals surface area contributed by atoms with Gasteiger partial charge in [0, 0.05) is 13.0 Å². The number of rotatable bonds is 7. The summed E-state index contributed by atoms with van der Waals surface area (Å²) in [6, 6.07) is 5.66. The van der Waals surface area contributed by atoms with Gasteiger partial charge in [0.1, 0.15) is 17.7 Å². The molecule has 1 fully saturated rings. The van der Waals surface area contributed by atoms with E-state index in [1.807, 2.05) is 0 Å². The lowest BCUT2D eigenvalue weighted by atomic mass is 10.0. The number of benzene rings is 1. The maximum absolute atomic E-state index is 13.5. The number of aryl methyl sites for hydroxylation is 1.